The summed E-state index contributed by atoms with van der Waals surface area (Å²) in [5.74, 6) is 1.61. The monoisotopic (exact) mass is 369 g/mol. The highest BCUT2D eigenvalue weighted by atomic mass is 127. The van der Waals surface area contributed by atoms with Gasteiger partial charge in [0.2, 0.25) is 0 Å². The summed E-state index contributed by atoms with van der Waals surface area (Å²) in [7, 11) is 3.32. The first kappa shape index (κ1) is 14.0. The molecule has 0 heterocycles. The second kappa shape index (κ2) is 6.65. The van der Waals surface area contributed by atoms with Crippen molar-refractivity contribution in [1.82, 2.24) is 0 Å². The van der Waals surface area contributed by atoms with Crippen molar-refractivity contribution in [3.63, 3.8) is 0 Å². The van der Waals surface area contributed by atoms with Gasteiger partial charge in [0.05, 0.1) is 14.2 Å². The second-order valence-corrected chi connectivity index (χ2v) is 5.33. The zero-order valence-corrected chi connectivity index (χ0v) is 13.1. The average Bonchev–Trinajstić information content (AvgIpc) is 2.46. The summed E-state index contributed by atoms with van der Waals surface area (Å²) in [4.78, 5) is 0. The number of methoxy groups -OCH3 is 2. The Bertz CT molecular complexity index is 518. The minimum Gasteiger partial charge on any atom is -0.497 e. The molecule has 1 N–H and O–H groups in total. The number of hydrogen-bond acceptors (Lipinski definition) is 3. The molecule has 0 saturated heterocycles. The summed E-state index contributed by atoms with van der Waals surface area (Å²) in [5.41, 5.74) is 2.22. The number of rotatable bonds is 5. The first-order valence-electron chi connectivity index (χ1n) is 5.92. The molecule has 0 aliphatic rings. The molecular weight excluding hydrogens is 353 g/mol. The molecule has 0 bridgehead atoms. The Kier molecular flexibility index (Phi) is 4.90. The number of halogens is 1. The average molecular weight is 369 g/mol. The van der Waals surface area contributed by atoms with Crippen molar-refractivity contribution in [3.05, 3.63) is 51.6 Å². The fraction of sp³-hybridized carbons (Fsp3) is 0.200. The Hall–Kier alpha value is -1.43. The van der Waals surface area contributed by atoms with Gasteiger partial charge in [-0.15, -0.1) is 0 Å². The maximum absolute atomic E-state index is 5.26. The van der Waals surface area contributed by atoms with Gasteiger partial charge in [-0.25, -0.2) is 0 Å². The molecule has 2 aromatic carbocycles. The summed E-state index contributed by atoms with van der Waals surface area (Å²) in [6, 6.07) is 14.2. The Balaban J connectivity index is 2.08. The number of hydrogen-bond donors (Lipinski definition) is 1. The van der Waals surface area contributed by atoms with Crippen molar-refractivity contribution < 1.29 is 9.47 Å². The van der Waals surface area contributed by atoms with Crippen LogP contribution in [-0.2, 0) is 6.54 Å². The fourth-order valence-corrected chi connectivity index (χ4v) is 2.10. The number of ether oxygens (including phenoxy) is 2. The van der Waals surface area contributed by atoms with Crippen LogP contribution < -0.4 is 14.8 Å². The smallest absolute Gasteiger partial charge is 0.122 e. The van der Waals surface area contributed by atoms with Gasteiger partial charge < -0.3 is 14.8 Å². The van der Waals surface area contributed by atoms with Crippen LogP contribution in [0.4, 0.5) is 5.69 Å². The van der Waals surface area contributed by atoms with E-state index in [1.54, 1.807) is 14.2 Å². The molecule has 0 radical (unpaired) electrons. The van der Waals surface area contributed by atoms with E-state index in [1.165, 1.54) is 3.57 Å². The van der Waals surface area contributed by atoms with E-state index in [-0.39, 0.29) is 0 Å². The van der Waals surface area contributed by atoms with Gasteiger partial charge in [-0.05, 0) is 64.6 Å². The molecule has 100 valence electrons. The van der Waals surface area contributed by atoms with E-state index in [2.05, 4.69) is 52.2 Å². The third kappa shape index (κ3) is 4.02. The molecule has 2 rings (SSSR count). The zero-order valence-electron chi connectivity index (χ0n) is 10.9. The molecule has 0 spiro atoms. The number of benzene rings is 2. The van der Waals surface area contributed by atoms with Crippen LogP contribution in [0.3, 0.4) is 0 Å². The Morgan fingerprint density at radius 3 is 2.05 bits per heavy atom. The van der Waals surface area contributed by atoms with Crippen molar-refractivity contribution in [1.29, 1.82) is 0 Å². The minimum atomic E-state index is 0.730. The summed E-state index contributed by atoms with van der Waals surface area (Å²) in [5, 5.41) is 3.38. The predicted octanol–water partition coefficient (Wildman–Crippen LogP) is 3.92. The number of nitrogens with one attached hydrogen (secondary N) is 1. The maximum atomic E-state index is 5.26. The summed E-state index contributed by atoms with van der Waals surface area (Å²) in [6.45, 7) is 0.730. The van der Waals surface area contributed by atoms with Gasteiger partial charge >= 0.3 is 0 Å². The van der Waals surface area contributed by atoms with Crippen molar-refractivity contribution >= 4 is 28.3 Å². The highest BCUT2D eigenvalue weighted by molar-refractivity contribution is 14.1. The van der Waals surface area contributed by atoms with Gasteiger partial charge in [-0.3, -0.25) is 0 Å². The molecule has 4 heteroatoms. The third-order valence-corrected chi connectivity index (χ3v) is 3.47. The molecule has 0 amide bonds. The summed E-state index contributed by atoms with van der Waals surface area (Å²) < 4.78 is 11.7. The minimum absolute atomic E-state index is 0.730. The van der Waals surface area contributed by atoms with Crippen LogP contribution in [0.15, 0.2) is 42.5 Å². The first-order chi connectivity index (χ1) is 9.21. The lowest BCUT2D eigenvalue weighted by Crippen LogP contribution is -2.00. The molecule has 0 aromatic heterocycles. The molecule has 3 nitrogen and oxygen atoms in total. The fourth-order valence-electron chi connectivity index (χ4n) is 1.74. The SMILES string of the molecule is COc1cc(CNc2ccc(I)cc2)cc(OC)c1. The molecule has 0 atom stereocenters. The molecule has 0 aliphatic carbocycles. The zero-order chi connectivity index (χ0) is 13.7. The van der Waals surface area contributed by atoms with Crippen molar-refractivity contribution in [2.45, 2.75) is 6.54 Å². The summed E-state index contributed by atoms with van der Waals surface area (Å²) in [6.07, 6.45) is 0. The van der Waals surface area contributed by atoms with Crippen molar-refractivity contribution in [2.24, 2.45) is 0 Å². The molecule has 0 unspecified atom stereocenters. The Labute approximate surface area is 127 Å². The quantitative estimate of drug-likeness (QED) is 0.811. The van der Waals surface area contributed by atoms with Crippen LogP contribution in [0.5, 0.6) is 11.5 Å². The van der Waals surface area contributed by atoms with Gasteiger partial charge in [0.1, 0.15) is 11.5 Å². The summed E-state index contributed by atoms with van der Waals surface area (Å²) >= 11 is 2.29. The van der Waals surface area contributed by atoms with Gasteiger partial charge in [0, 0.05) is 21.9 Å². The lowest BCUT2D eigenvalue weighted by molar-refractivity contribution is 0.393. The van der Waals surface area contributed by atoms with Crippen LogP contribution in [-0.4, -0.2) is 14.2 Å². The second-order valence-electron chi connectivity index (χ2n) is 4.08. The lowest BCUT2D eigenvalue weighted by Gasteiger charge is -2.10. The van der Waals surface area contributed by atoms with E-state index in [4.69, 9.17) is 9.47 Å². The third-order valence-electron chi connectivity index (χ3n) is 2.75. The van der Waals surface area contributed by atoms with Crippen molar-refractivity contribution in [2.75, 3.05) is 19.5 Å². The molecule has 0 fully saturated rings. The van der Waals surface area contributed by atoms with E-state index in [9.17, 15) is 0 Å². The highest BCUT2D eigenvalue weighted by Gasteiger charge is 2.02. The van der Waals surface area contributed by atoms with Crippen molar-refractivity contribution in [3.8, 4) is 11.5 Å². The van der Waals surface area contributed by atoms with E-state index >= 15 is 0 Å². The van der Waals surface area contributed by atoms with Crippen LogP contribution >= 0.6 is 22.6 Å². The largest absolute Gasteiger partial charge is 0.497 e. The Morgan fingerprint density at radius 2 is 1.53 bits per heavy atom. The van der Waals surface area contributed by atoms with Gasteiger partial charge in [0.25, 0.3) is 0 Å². The van der Waals surface area contributed by atoms with Gasteiger partial charge in [-0.2, -0.15) is 0 Å². The standard InChI is InChI=1S/C15H16INO2/c1-18-14-7-11(8-15(9-14)19-2)10-17-13-5-3-12(16)4-6-13/h3-9,17H,10H2,1-2H3. The highest BCUT2D eigenvalue weighted by Crippen LogP contribution is 2.23. The molecular formula is C15H16INO2. The number of anilines is 1. The van der Waals surface area contributed by atoms with Crippen LogP contribution in [0.2, 0.25) is 0 Å². The normalized spacial score (nSPS) is 10.1. The molecule has 2 aromatic rings. The predicted molar refractivity (Wildman–Crippen MR) is 86.0 cm³/mol. The molecule has 0 aliphatic heterocycles. The van der Waals surface area contributed by atoms with E-state index in [0.29, 0.717) is 0 Å². The Morgan fingerprint density at radius 1 is 0.947 bits per heavy atom. The lowest BCUT2D eigenvalue weighted by atomic mass is 10.2. The van der Waals surface area contributed by atoms with E-state index in [1.807, 2.05) is 18.2 Å². The molecule has 0 saturated carbocycles. The maximum Gasteiger partial charge on any atom is 0.122 e. The van der Waals surface area contributed by atoms with Gasteiger partial charge in [-0.1, -0.05) is 0 Å². The molecule has 19 heavy (non-hydrogen) atoms. The van der Waals surface area contributed by atoms with Crippen LogP contribution in [0, 0.1) is 3.57 Å². The topological polar surface area (TPSA) is 30.5 Å². The van der Waals surface area contributed by atoms with E-state index in [0.717, 1.165) is 29.3 Å². The first-order valence-corrected chi connectivity index (χ1v) is 7.00. The van der Waals surface area contributed by atoms with Gasteiger partial charge in [0.15, 0.2) is 0 Å². The van der Waals surface area contributed by atoms with Crippen LogP contribution in [0.1, 0.15) is 5.56 Å². The van der Waals surface area contributed by atoms with E-state index < -0.39 is 0 Å². The van der Waals surface area contributed by atoms with Crippen LogP contribution in [0.25, 0.3) is 0 Å².